The zero-order chi connectivity index (χ0) is 20.5. The number of aryl methyl sites for hydroxylation is 1. The topological polar surface area (TPSA) is 48.3 Å². The average Bonchev–Trinajstić information content (AvgIpc) is 3.01. The van der Waals surface area contributed by atoms with Crippen molar-refractivity contribution >= 4 is 22.7 Å². The van der Waals surface area contributed by atoms with Crippen molar-refractivity contribution in [2.45, 2.75) is 66.3 Å². The summed E-state index contributed by atoms with van der Waals surface area (Å²) in [4.78, 5) is 24.5. The van der Waals surface area contributed by atoms with Crippen molar-refractivity contribution in [3.63, 3.8) is 0 Å². The molecular formula is C24H33NO3. The molecule has 1 heterocycles. The SMILES string of the molecule is CCOC(=O)CCCn1cc(C(=O)CC(C)CCC=C(C)C)c2ccccc21. The van der Waals surface area contributed by atoms with Crippen molar-refractivity contribution in [1.29, 1.82) is 0 Å². The standard InChI is InChI=1S/C24H33NO3/c1-5-28-24(27)14-9-15-25-17-21(20-12-6-7-13-22(20)25)23(26)16-19(4)11-8-10-18(2)3/h6-7,10,12-13,17,19H,5,8-9,11,14-16H2,1-4H3. The van der Waals surface area contributed by atoms with E-state index in [0.717, 1.165) is 29.3 Å². The number of hydrogen-bond donors (Lipinski definition) is 0. The van der Waals surface area contributed by atoms with Crippen LogP contribution in [0.1, 0.15) is 70.2 Å². The molecule has 0 amide bonds. The van der Waals surface area contributed by atoms with E-state index in [0.29, 0.717) is 38.3 Å². The van der Waals surface area contributed by atoms with Gasteiger partial charge in [0.25, 0.3) is 0 Å². The number of allylic oxidation sites excluding steroid dienone is 2. The van der Waals surface area contributed by atoms with E-state index in [9.17, 15) is 9.59 Å². The van der Waals surface area contributed by atoms with Gasteiger partial charge < -0.3 is 9.30 Å². The van der Waals surface area contributed by atoms with Crippen molar-refractivity contribution in [1.82, 2.24) is 4.57 Å². The van der Waals surface area contributed by atoms with Gasteiger partial charge in [0.2, 0.25) is 0 Å². The Balaban J connectivity index is 2.06. The molecule has 2 aromatic rings. The fraction of sp³-hybridized carbons (Fsp3) is 0.500. The Morgan fingerprint density at radius 1 is 1.21 bits per heavy atom. The van der Waals surface area contributed by atoms with Crippen molar-refractivity contribution in [2.75, 3.05) is 6.61 Å². The predicted molar refractivity (Wildman–Crippen MR) is 115 cm³/mol. The molecule has 4 nitrogen and oxygen atoms in total. The molecule has 0 fully saturated rings. The lowest BCUT2D eigenvalue weighted by Crippen LogP contribution is -2.07. The number of nitrogens with zero attached hydrogens (tertiary/aromatic N) is 1. The summed E-state index contributed by atoms with van der Waals surface area (Å²) in [5.74, 6) is 0.388. The number of esters is 1. The number of para-hydroxylation sites is 1. The lowest BCUT2D eigenvalue weighted by atomic mass is 9.95. The first kappa shape index (κ1) is 21.9. The Morgan fingerprint density at radius 2 is 1.96 bits per heavy atom. The van der Waals surface area contributed by atoms with Crippen LogP contribution in [0.3, 0.4) is 0 Å². The van der Waals surface area contributed by atoms with E-state index in [1.165, 1.54) is 5.57 Å². The van der Waals surface area contributed by atoms with E-state index < -0.39 is 0 Å². The summed E-state index contributed by atoms with van der Waals surface area (Å²) in [6.45, 7) is 9.28. The van der Waals surface area contributed by atoms with Crippen molar-refractivity contribution in [2.24, 2.45) is 5.92 Å². The van der Waals surface area contributed by atoms with Gasteiger partial charge in [0.1, 0.15) is 0 Å². The minimum atomic E-state index is -0.166. The fourth-order valence-corrected chi connectivity index (χ4v) is 3.47. The molecule has 0 saturated carbocycles. The van der Waals surface area contributed by atoms with Crippen LogP contribution in [-0.2, 0) is 16.1 Å². The van der Waals surface area contributed by atoms with Gasteiger partial charge in [-0.25, -0.2) is 0 Å². The Labute approximate surface area is 168 Å². The molecule has 0 spiro atoms. The van der Waals surface area contributed by atoms with E-state index in [1.54, 1.807) is 0 Å². The first-order valence-electron chi connectivity index (χ1n) is 10.3. The molecule has 1 aromatic heterocycles. The van der Waals surface area contributed by atoms with Crippen LogP contribution in [0.25, 0.3) is 10.9 Å². The lowest BCUT2D eigenvalue weighted by Gasteiger charge is -2.09. The van der Waals surface area contributed by atoms with Gasteiger partial charge in [0, 0.05) is 42.0 Å². The number of aromatic nitrogens is 1. The van der Waals surface area contributed by atoms with Crippen LogP contribution in [-0.4, -0.2) is 22.9 Å². The van der Waals surface area contributed by atoms with E-state index in [2.05, 4.69) is 31.4 Å². The second kappa shape index (κ2) is 10.8. The third kappa shape index (κ3) is 6.36. The maximum absolute atomic E-state index is 12.9. The number of carbonyl (C=O) groups is 2. The maximum Gasteiger partial charge on any atom is 0.305 e. The first-order valence-corrected chi connectivity index (χ1v) is 10.3. The number of ketones is 1. The van der Waals surface area contributed by atoms with Gasteiger partial charge >= 0.3 is 5.97 Å². The summed E-state index contributed by atoms with van der Waals surface area (Å²) in [7, 11) is 0. The van der Waals surface area contributed by atoms with E-state index in [1.807, 2.05) is 37.4 Å². The highest BCUT2D eigenvalue weighted by Crippen LogP contribution is 2.25. The van der Waals surface area contributed by atoms with Crippen molar-refractivity contribution in [3.05, 3.63) is 47.7 Å². The van der Waals surface area contributed by atoms with Crippen LogP contribution in [0.15, 0.2) is 42.1 Å². The van der Waals surface area contributed by atoms with Gasteiger partial charge in [-0.05, 0) is 52.0 Å². The molecule has 0 aliphatic carbocycles. The number of carbonyl (C=O) groups excluding carboxylic acids is 2. The molecule has 0 bridgehead atoms. The fourth-order valence-electron chi connectivity index (χ4n) is 3.47. The largest absolute Gasteiger partial charge is 0.466 e. The number of benzene rings is 1. The van der Waals surface area contributed by atoms with Gasteiger partial charge in [-0.3, -0.25) is 9.59 Å². The molecule has 1 aromatic carbocycles. The van der Waals surface area contributed by atoms with E-state index >= 15 is 0 Å². The minimum Gasteiger partial charge on any atom is -0.466 e. The highest BCUT2D eigenvalue weighted by Gasteiger charge is 2.17. The average molecular weight is 384 g/mol. The highest BCUT2D eigenvalue weighted by atomic mass is 16.5. The monoisotopic (exact) mass is 383 g/mol. The summed E-state index contributed by atoms with van der Waals surface area (Å²) >= 11 is 0. The Bertz CT molecular complexity index is 827. The van der Waals surface area contributed by atoms with Gasteiger partial charge in [-0.2, -0.15) is 0 Å². The quantitative estimate of drug-likeness (QED) is 0.274. The second-order valence-corrected chi connectivity index (χ2v) is 7.75. The third-order valence-corrected chi connectivity index (χ3v) is 4.92. The lowest BCUT2D eigenvalue weighted by molar-refractivity contribution is -0.143. The summed E-state index contributed by atoms with van der Waals surface area (Å²) in [5.41, 5.74) is 3.16. The van der Waals surface area contributed by atoms with Crippen molar-refractivity contribution in [3.8, 4) is 0 Å². The number of Topliss-reactive ketones (excluding diaryl/α,β-unsaturated/α-hetero) is 1. The maximum atomic E-state index is 12.9. The number of hydrogen-bond acceptors (Lipinski definition) is 3. The smallest absolute Gasteiger partial charge is 0.305 e. The van der Waals surface area contributed by atoms with Crippen LogP contribution < -0.4 is 0 Å². The molecule has 0 radical (unpaired) electrons. The van der Waals surface area contributed by atoms with Crippen LogP contribution in [0.2, 0.25) is 0 Å². The van der Waals surface area contributed by atoms with Crippen LogP contribution in [0.4, 0.5) is 0 Å². The summed E-state index contributed by atoms with van der Waals surface area (Å²) in [6.07, 6.45) is 7.89. The Hall–Kier alpha value is -2.36. The molecular weight excluding hydrogens is 350 g/mol. The van der Waals surface area contributed by atoms with Crippen LogP contribution >= 0.6 is 0 Å². The molecule has 1 atom stereocenters. The van der Waals surface area contributed by atoms with Crippen molar-refractivity contribution < 1.29 is 14.3 Å². The zero-order valence-corrected chi connectivity index (χ0v) is 17.7. The summed E-state index contributed by atoms with van der Waals surface area (Å²) < 4.78 is 7.09. The molecule has 152 valence electrons. The molecule has 0 aliphatic heterocycles. The summed E-state index contributed by atoms with van der Waals surface area (Å²) in [6, 6.07) is 8.01. The predicted octanol–water partition coefficient (Wildman–Crippen LogP) is 5.94. The number of rotatable bonds is 11. The van der Waals surface area contributed by atoms with E-state index in [-0.39, 0.29) is 11.8 Å². The molecule has 1 unspecified atom stereocenters. The second-order valence-electron chi connectivity index (χ2n) is 7.75. The van der Waals surface area contributed by atoms with Crippen LogP contribution in [0, 0.1) is 5.92 Å². The molecule has 0 saturated heterocycles. The molecule has 2 rings (SSSR count). The van der Waals surface area contributed by atoms with Gasteiger partial charge in [-0.1, -0.05) is 36.8 Å². The Kier molecular flexibility index (Phi) is 8.49. The highest BCUT2D eigenvalue weighted by molar-refractivity contribution is 6.08. The molecule has 0 aliphatic rings. The zero-order valence-electron chi connectivity index (χ0n) is 17.7. The minimum absolute atomic E-state index is 0.166. The molecule has 28 heavy (non-hydrogen) atoms. The molecule has 4 heteroatoms. The van der Waals surface area contributed by atoms with Gasteiger partial charge in [0.15, 0.2) is 5.78 Å². The molecule has 0 N–H and O–H groups in total. The van der Waals surface area contributed by atoms with E-state index in [4.69, 9.17) is 4.74 Å². The Morgan fingerprint density at radius 3 is 2.68 bits per heavy atom. The van der Waals surface area contributed by atoms with Gasteiger partial charge in [-0.15, -0.1) is 0 Å². The third-order valence-electron chi connectivity index (χ3n) is 4.92. The van der Waals surface area contributed by atoms with Gasteiger partial charge in [0.05, 0.1) is 6.61 Å². The number of ether oxygens (including phenoxy) is 1. The van der Waals surface area contributed by atoms with Crippen LogP contribution in [0.5, 0.6) is 0 Å². The summed E-state index contributed by atoms with van der Waals surface area (Å²) in [5, 5.41) is 1.00. The first-order chi connectivity index (χ1) is 13.4. The normalized spacial score (nSPS) is 12.0. The number of fused-ring (bicyclic) bond motifs is 1.